The van der Waals surface area contributed by atoms with E-state index in [0.717, 1.165) is 22.3 Å². The van der Waals surface area contributed by atoms with Crippen LogP contribution < -0.4 is 5.32 Å². The lowest BCUT2D eigenvalue weighted by atomic mass is 10.1. The van der Waals surface area contributed by atoms with Gasteiger partial charge in [-0.15, -0.1) is 5.10 Å². The third-order valence-electron chi connectivity index (χ3n) is 4.45. The number of carboxylic acids is 1. The number of carboxylic acid groups (broad SMARTS) is 1. The third kappa shape index (κ3) is 4.05. The number of hydrogen-bond acceptors (Lipinski definition) is 4. The standard InChI is InChI=1S/C20H18ClN5O2/c21-14-6-7-18-13(8-14)9-15(23-18)11-22-19(20(27)28)10-16-12-26(25-24-16)17-4-2-1-3-5-17/h1-9,12,19,22-23H,10-11H2,(H,27,28). The second-order valence-corrected chi connectivity index (χ2v) is 6.93. The molecule has 4 rings (SSSR count). The smallest absolute Gasteiger partial charge is 0.321 e. The molecular formula is C20H18ClN5O2. The van der Waals surface area contributed by atoms with Crippen molar-refractivity contribution in [1.29, 1.82) is 0 Å². The zero-order valence-corrected chi connectivity index (χ0v) is 15.6. The summed E-state index contributed by atoms with van der Waals surface area (Å²) in [5.41, 5.74) is 3.32. The SMILES string of the molecule is O=C(O)C(Cc1cn(-c2ccccc2)nn1)NCc1cc2cc(Cl)ccc2[nH]1. The van der Waals surface area contributed by atoms with Crippen LogP contribution in [0.3, 0.4) is 0 Å². The monoisotopic (exact) mass is 395 g/mol. The summed E-state index contributed by atoms with van der Waals surface area (Å²) in [5.74, 6) is -0.937. The molecular weight excluding hydrogens is 378 g/mol. The molecule has 7 nitrogen and oxygen atoms in total. The van der Waals surface area contributed by atoms with Crippen LogP contribution in [0.25, 0.3) is 16.6 Å². The Morgan fingerprint density at radius 1 is 1.21 bits per heavy atom. The van der Waals surface area contributed by atoms with Crippen molar-refractivity contribution in [1.82, 2.24) is 25.3 Å². The molecule has 0 saturated heterocycles. The minimum Gasteiger partial charge on any atom is -0.480 e. The summed E-state index contributed by atoms with van der Waals surface area (Å²) in [7, 11) is 0. The first-order chi connectivity index (χ1) is 13.6. The molecule has 1 unspecified atom stereocenters. The molecule has 0 fully saturated rings. The number of fused-ring (bicyclic) bond motifs is 1. The third-order valence-corrected chi connectivity index (χ3v) is 4.69. The summed E-state index contributed by atoms with van der Waals surface area (Å²) >= 11 is 6.01. The quantitative estimate of drug-likeness (QED) is 0.446. The maximum Gasteiger partial charge on any atom is 0.321 e. The molecule has 0 amide bonds. The van der Waals surface area contributed by atoms with Gasteiger partial charge in [0, 0.05) is 34.6 Å². The highest BCUT2D eigenvalue weighted by molar-refractivity contribution is 6.31. The molecule has 0 radical (unpaired) electrons. The molecule has 0 bridgehead atoms. The van der Waals surface area contributed by atoms with Crippen molar-refractivity contribution in [3.8, 4) is 5.69 Å². The lowest BCUT2D eigenvalue weighted by Gasteiger charge is -2.12. The first-order valence-corrected chi connectivity index (χ1v) is 9.16. The van der Waals surface area contributed by atoms with E-state index < -0.39 is 12.0 Å². The van der Waals surface area contributed by atoms with Crippen molar-refractivity contribution < 1.29 is 9.90 Å². The van der Waals surface area contributed by atoms with Crippen LogP contribution in [0.15, 0.2) is 60.8 Å². The Kier molecular flexibility index (Phi) is 5.10. The van der Waals surface area contributed by atoms with Gasteiger partial charge in [-0.25, -0.2) is 4.68 Å². The van der Waals surface area contributed by atoms with Crippen LogP contribution in [-0.2, 0) is 17.8 Å². The van der Waals surface area contributed by atoms with Crippen molar-refractivity contribution in [3.05, 3.63) is 77.2 Å². The van der Waals surface area contributed by atoms with E-state index >= 15 is 0 Å². The highest BCUT2D eigenvalue weighted by Gasteiger charge is 2.19. The average molecular weight is 396 g/mol. The molecule has 0 aliphatic heterocycles. The molecule has 2 heterocycles. The Bertz CT molecular complexity index is 1110. The number of carbonyl (C=O) groups is 1. The molecule has 28 heavy (non-hydrogen) atoms. The molecule has 2 aromatic carbocycles. The van der Waals surface area contributed by atoms with Crippen LogP contribution in [0, 0.1) is 0 Å². The van der Waals surface area contributed by atoms with Gasteiger partial charge >= 0.3 is 5.97 Å². The second-order valence-electron chi connectivity index (χ2n) is 6.49. The highest BCUT2D eigenvalue weighted by atomic mass is 35.5. The Morgan fingerprint density at radius 3 is 2.82 bits per heavy atom. The van der Waals surface area contributed by atoms with Crippen LogP contribution in [-0.4, -0.2) is 37.1 Å². The van der Waals surface area contributed by atoms with Crippen molar-refractivity contribution in [2.75, 3.05) is 0 Å². The minimum absolute atomic E-state index is 0.230. The number of rotatable bonds is 7. The Balaban J connectivity index is 1.44. The lowest BCUT2D eigenvalue weighted by molar-refractivity contribution is -0.139. The van der Waals surface area contributed by atoms with Crippen molar-refractivity contribution in [2.45, 2.75) is 19.0 Å². The molecule has 0 aliphatic rings. The van der Waals surface area contributed by atoms with Crippen LogP contribution in [0.4, 0.5) is 0 Å². The van der Waals surface area contributed by atoms with Gasteiger partial charge in [-0.2, -0.15) is 0 Å². The number of benzene rings is 2. The van der Waals surface area contributed by atoms with E-state index in [2.05, 4.69) is 20.6 Å². The number of nitrogens with zero attached hydrogens (tertiary/aromatic N) is 3. The molecule has 0 saturated carbocycles. The van der Waals surface area contributed by atoms with E-state index in [4.69, 9.17) is 11.6 Å². The maximum atomic E-state index is 11.7. The minimum atomic E-state index is -0.937. The highest BCUT2D eigenvalue weighted by Crippen LogP contribution is 2.20. The van der Waals surface area contributed by atoms with E-state index in [1.807, 2.05) is 54.6 Å². The number of aromatic amines is 1. The molecule has 142 valence electrons. The molecule has 3 N–H and O–H groups in total. The van der Waals surface area contributed by atoms with E-state index in [1.165, 1.54) is 0 Å². The van der Waals surface area contributed by atoms with Crippen LogP contribution >= 0.6 is 11.6 Å². The number of aromatic nitrogens is 4. The predicted octanol–water partition coefficient (Wildman–Crippen LogP) is 3.19. The fourth-order valence-corrected chi connectivity index (χ4v) is 3.23. The second kappa shape index (κ2) is 7.84. The van der Waals surface area contributed by atoms with Crippen molar-refractivity contribution in [2.24, 2.45) is 0 Å². The Morgan fingerprint density at radius 2 is 2.04 bits per heavy atom. The number of H-pyrrole nitrogens is 1. The maximum absolute atomic E-state index is 11.7. The fourth-order valence-electron chi connectivity index (χ4n) is 3.05. The number of nitrogens with one attached hydrogen (secondary N) is 2. The van der Waals surface area contributed by atoms with Gasteiger partial charge < -0.3 is 10.1 Å². The topological polar surface area (TPSA) is 95.8 Å². The van der Waals surface area contributed by atoms with Gasteiger partial charge in [-0.1, -0.05) is 35.0 Å². The van der Waals surface area contributed by atoms with E-state index in [9.17, 15) is 9.90 Å². The van der Waals surface area contributed by atoms with E-state index in [0.29, 0.717) is 17.3 Å². The Labute approximate surface area is 166 Å². The number of para-hydroxylation sites is 1. The van der Waals surface area contributed by atoms with Gasteiger partial charge in [0.1, 0.15) is 6.04 Å². The average Bonchev–Trinajstić information content (AvgIpc) is 3.31. The molecule has 0 aliphatic carbocycles. The summed E-state index contributed by atoms with van der Waals surface area (Å²) in [6, 6.07) is 16.3. The molecule has 1 atom stereocenters. The molecule has 2 aromatic heterocycles. The van der Waals surface area contributed by atoms with Gasteiger partial charge in [0.15, 0.2) is 0 Å². The number of aliphatic carboxylic acids is 1. The zero-order chi connectivity index (χ0) is 19.5. The van der Waals surface area contributed by atoms with Crippen molar-refractivity contribution >= 4 is 28.5 Å². The zero-order valence-electron chi connectivity index (χ0n) is 14.8. The van der Waals surface area contributed by atoms with Gasteiger partial charge in [0.2, 0.25) is 0 Å². The fraction of sp³-hybridized carbons (Fsp3) is 0.150. The van der Waals surface area contributed by atoms with Gasteiger partial charge in [0.25, 0.3) is 0 Å². The number of hydrogen-bond donors (Lipinski definition) is 3. The normalized spacial score (nSPS) is 12.3. The first kappa shape index (κ1) is 18.2. The molecule has 0 spiro atoms. The summed E-state index contributed by atoms with van der Waals surface area (Å²) in [5, 5.41) is 22.5. The number of halogens is 1. The van der Waals surface area contributed by atoms with Gasteiger partial charge in [-0.05, 0) is 36.4 Å². The molecule has 4 aromatic rings. The first-order valence-electron chi connectivity index (χ1n) is 8.78. The summed E-state index contributed by atoms with van der Waals surface area (Å²) in [6.07, 6.45) is 1.98. The lowest BCUT2D eigenvalue weighted by Crippen LogP contribution is -2.38. The predicted molar refractivity (Wildman–Crippen MR) is 107 cm³/mol. The summed E-state index contributed by atoms with van der Waals surface area (Å²) < 4.78 is 1.63. The van der Waals surface area contributed by atoms with Crippen LogP contribution in [0.1, 0.15) is 11.4 Å². The Hall–Kier alpha value is -3.16. The van der Waals surface area contributed by atoms with Crippen LogP contribution in [0.2, 0.25) is 5.02 Å². The largest absolute Gasteiger partial charge is 0.480 e. The van der Waals surface area contributed by atoms with Gasteiger partial charge in [0.05, 0.1) is 17.6 Å². The van der Waals surface area contributed by atoms with E-state index in [-0.39, 0.29) is 6.42 Å². The van der Waals surface area contributed by atoms with Crippen LogP contribution in [0.5, 0.6) is 0 Å². The summed E-state index contributed by atoms with van der Waals surface area (Å²) in [4.78, 5) is 14.9. The van der Waals surface area contributed by atoms with Crippen molar-refractivity contribution in [3.63, 3.8) is 0 Å². The molecule has 8 heteroatoms. The van der Waals surface area contributed by atoms with Gasteiger partial charge in [-0.3, -0.25) is 10.1 Å². The van der Waals surface area contributed by atoms with E-state index in [1.54, 1.807) is 10.9 Å². The summed E-state index contributed by atoms with van der Waals surface area (Å²) in [6.45, 7) is 0.385.